The zero-order valence-corrected chi connectivity index (χ0v) is 13.8. The lowest BCUT2D eigenvalue weighted by Gasteiger charge is -2.09. The molecule has 0 atom stereocenters. The largest absolute Gasteiger partial charge is 0.320 e. The molecular weight excluding hydrogens is 330 g/mol. The molecule has 0 aromatic carbocycles. The van der Waals surface area contributed by atoms with Crippen molar-refractivity contribution in [2.45, 2.75) is 6.92 Å². The van der Waals surface area contributed by atoms with E-state index >= 15 is 0 Å². The van der Waals surface area contributed by atoms with Gasteiger partial charge in [-0.15, -0.1) is 22.7 Å². The Kier molecular flexibility index (Phi) is 4.50. The zero-order chi connectivity index (χ0) is 16.2. The van der Waals surface area contributed by atoms with Gasteiger partial charge in [-0.05, 0) is 41.4 Å². The third-order valence-electron chi connectivity index (χ3n) is 3.09. The van der Waals surface area contributed by atoms with Gasteiger partial charge in [0.25, 0.3) is 11.8 Å². The molecule has 3 rings (SSSR count). The van der Waals surface area contributed by atoms with Crippen LogP contribution in [0.3, 0.4) is 0 Å². The van der Waals surface area contributed by atoms with Crippen molar-refractivity contribution in [3.05, 3.63) is 62.6 Å². The summed E-state index contributed by atoms with van der Waals surface area (Å²) >= 11 is 2.75. The molecule has 0 unspecified atom stereocenters. The number of thiophene rings is 2. The SMILES string of the molecule is Cc1cc(NC(=O)c2cccs2)ncc1NC(=O)c1cccs1. The minimum absolute atomic E-state index is 0.166. The number of nitrogens with one attached hydrogen (secondary N) is 2. The lowest BCUT2D eigenvalue weighted by Crippen LogP contribution is -2.14. The second kappa shape index (κ2) is 6.72. The minimum atomic E-state index is -0.192. The van der Waals surface area contributed by atoms with Gasteiger partial charge in [-0.25, -0.2) is 4.98 Å². The number of pyridine rings is 1. The fourth-order valence-corrected chi connectivity index (χ4v) is 3.17. The summed E-state index contributed by atoms with van der Waals surface area (Å²) in [5.74, 6) is 0.0950. The molecule has 3 aromatic heterocycles. The molecule has 7 heteroatoms. The van der Waals surface area contributed by atoms with Crippen LogP contribution in [0.25, 0.3) is 0 Å². The Hall–Kier alpha value is -2.51. The van der Waals surface area contributed by atoms with E-state index in [9.17, 15) is 9.59 Å². The molecule has 0 saturated heterocycles. The average molecular weight is 343 g/mol. The first kappa shape index (κ1) is 15.4. The predicted octanol–water partition coefficient (Wildman–Crippen LogP) is 4.02. The van der Waals surface area contributed by atoms with Crippen LogP contribution < -0.4 is 10.6 Å². The van der Waals surface area contributed by atoms with Crippen LogP contribution in [-0.4, -0.2) is 16.8 Å². The van der Waals surface area contributed by atoms with Gasteiger partial charge in [-0.3, -0.25) is 9.59 Å². The van der Waals surface area contributed by atoms with Crippen LogP contribution >= 0.6 is 22.7 Å². The summed E-state index contributed by atoms with van der Waals surface area (Å²) < 4.78 is 0. The molecule has 0 aliphatic carbocycles. The van der Waals surface area contributed by atoms with E-state index in [0.29, 0.717) is 21.3 Å². The third-order valence-corrected chi connectivity index (χ3v) is 4.83. The average Bonchev–Trinajstić information content (AvgIpc) is 3.23. The van der Waals surface area contributed by atoms with Gasteiger partial charge in [0.05, 0.1) is 21.6 Å². The summed E-state index contributed by atoms with van der Waals surface area (Å²) in [5, 5.41) is 9.26. The summed E-state index contributed by atoms with van der Waals surface area (Å²) in [4.78, 5) is 29.5. The highest BCUT2D eigenvalue weighted by molar-refractivity contribution is 7.12. The number of carbonyl (C=O) groups excluding carboxylic acids is 2. The number of carbonyl (C=O) groups is 2. The van der Waals surface area contributed by atoms with Crippen molar-refractivity contribution in [3.8, 4) is 0 Å². The fourth-order valence-electron chi connectivity index (χ4n) is 1.93. The number of rotatable bonds is 4. The molecule has 2 amide bonds. The number of hydrogen-bond acceptors (Lipinski definition) is 5. The monoisotopic (exact) mass is 343 g/mol. The third kappa shape index (κ3) is 3.64. The Morgan fingerprint density at radius 2 is 1.61 bits per heavy atom. The number of nitrogens with zero attached hydrogens (tertiary/aromatic N) is 1. The molecule has 0 aliphatic heterocycles. The van der Waals surface area contributed by atoms with Crippen LogP contribution in [0.15, 0.2) is 47.3 Å². The highest BCUT2D eigenvalue weighted by Crippen LogP contribution is 2.20. The summed E-state index contributed by atoms with van der Waals surface area (Å²) in [5.41, 5.74) is 1.45. The van der Waals surface area contributed by atoms with Crippen LogP contribution in [0.4, 0.5) is 11.5 Å². The summed E-state index contributed by atoms with van der Waals surface area (Å²) in [6, 6.07) is 8.89. The van der Waals surface area contributed by atoms with Crippen LogP contribution in [0.5, 0.6) is 0 Å². The molecule has 0 aliphatic rings. The van der Waals surface area contributed by atoms with Gasteiger partial charge >= 0.3 is 0 Å². The molecule has 0 radical (unpaired) electrons. The number of hydrogen-bond donors (Lipinski definition) is 2. The summed E-state index contributed by atoms with van der Waals surface area (Å²) in [6.07, 6.45) is 1.55. The quantitative estimate of drug-likeness (QED) is 0.751. The molecular formula is C16H13N3O2S2. The first-order chi connectivity index (χ1) is 11.1. The Morgan fingerprint density at radius 3 is 2.13 bits per heavy atom. The van der Waals surface area contributed by atoms with E-state index in [2.05, 4.69) is 15.6 Å². The van der Waals surface area contributed by atoms with Gasteiger partial charge in [0.15, 0.2) is 0 Å². The van der Waals surface area contributed by atoms with Crippen molar-refractivity contribution in [2.24, 2.45) is 0 Å². The van der Waals surface area contributed by atoms with Crippen molar-refractivity contribution in [3.63, 3.8) is 0 Å². The topological polar surface area (TPSA) is 71.1 Å². The van der Waals surface area contributed by atoms with Gasteiger partial charge in [0, 0.05) is 0 Å². The van der Waals surface area contributed by atoms with Crippen molar-refractivity contribution >= 4 is 46.0 Å². The number of aryl methyl sites for hydroxylation is 1. The molecule has 0 spiro atoms. The molecule has 5 nitrogen and oxygen atoms in total. The lowest BCUT2D eigenvalue weighted by atomic mass is 10.2. The molecule has 116 valence electrons. The van der Waals surface area contributed by atoms with Crippen molar-refractivity contribution in [1.82, 2.24) is 4.98 Å². The Morgan fingerprint density at radius 1 is 1.00 bits per heavy atom. The first-order valence-electron chi connectivity index (χ1n) is 6.80. The standard InChI is InChI=1S/C16H13N3O2S2/c1-10-8-14(19-16(21)13-5-3-7-23-13)17-9-11(10)18-15(20)12-4-2-6-22-12/h2-9H,1H3,(H,18,20)(H,17,19,21). The molecule has 3 aromatic rings. The van der Waals surface area contributed by atoms with Crippen LogP contribution in [0, 0.1) is 6.92 Å². The lowest BCUT2D eigenvalue weighted by molar-refractivity contribution is 0.102. The van der Waals surface area contributed by atoms with E-state index in [0.717, 1.165) is 5.56 Å². The molecule has 23 heavy (non-hydrogen) atoms. The van der Waals surface area contributed by atoms with Gasteiger partial charge in [0.2, 0.25) is 0 Å². The van der Waals surface area contributed by atoms with E-state index in [-0.39, 0.29) is 11.8 Å². The summed E-state index contributed by atoms with van der Waals surface area (Å²) in [7, 11) is 0. The Bertz CT molecular complexity index is 827. The van der Waals surface area contributed by atoms with Crippen molar-refractivity contribution in [2.75, 3.05) is 10.6 Å². The second-order valence-electron chi connectivity index (χ2n) is 4.75. The van der Waals surface area contributed by atoms with Crippen LogP contribution in [0.1, 0.15) is 24.9 Å². The van der Waals surface area contributed by atoms with E-state index < -0.39 is 0 Å². The van der Waals surface area contributed by atoms with Crippen LogP contribution in [0.2, 0.25) is 0 Å². The van der Waals surface area contributed by atoms with Crippen molar-refractivity contribution < 1.29 is 9.59 Å². The van der Waals surface area contributed by atoms with Gasteiger partial charge in [0.1, 0.15) is 5.82 Å². The Balaban J connectivity index is 1.71. The number of anilines is 2. The van der Waals surface area contributed by atoms with E-state index in [1.807, 2.05) is 29.8 Å². The maximum atomic E-state index is 12.0. The smallest absolute Gasteiger partial charge is 0.266 e. The normalized spacial score (nSPS) is 10.3. The molecule has 2 N–H and O–H groups in total. The first-order valence-corrected chi connectivity index (χ1v) is 8.56. The van der Waals surface area contributed by atoms with E-state index in [1.165, 1.54) is 22.7 Å². The molecule has 0 bridgehead atoms. The maximum absolute atomic E-state index is 12.0. The molecule has 0 fully saturated rings. The maximum Gasteiger partial charge on any atom is 0.266 e. The van der Waals surface area contributed by atoms with Gasteiger partial charge in [-0.2, -0.15) is 0 Å². The van der Waals surface area contributed by atoms with E-state index in [1.54, 1.807) is 24.4 Å². The fraction of sp³-hybridized carbons (Fsp3) is 0.0625. The number of aromatic nitrogens is 1. The minimum Gasteiger partial charge on any atom is -0.320 e. The predicted molar refractivity (Wildman–Crippen MR) is 93.5 cm³/mol. The summed E-state index contributed by atoms with van der Waals surface area (Å²) in [6.45, 7) is 1.85. The highest BCUT2D eigenvalue weighted by Gasteiger charge is 2.11. The van der Waals surface area contributed by atoms with Gasteiger partial charge in [-0.1, -0.05) is 12.1 Å². The van der Waals surface area contributed by atoms with Crippen LogP contribution in [-0.2, 0) is 0 Å². The zero-order valence-electron chi connectivity index (χ0n) is 12.2. The molecule has 3 heterocycles. The van der Waals surface area contributed by atoms with Crippen molar-refractivity contribution in [1.29, 1.82) is 0 Å². The van der Waals surface area contributed by atoms with E-state index in [4.69, 9.17) is 0 Å². The van der Waals surface area contributed by atoms with Gasteiger partial charge < -0.3 is 10.6 Å². The number of amides is 2. The Labute approximate surface area is 141 Å². The second-order valence-corrected chi connectivity index (χ2v) is 6.64. The highest BCUT2D eigenvalue weighted by atomic mass is 32.1. The molecule has 0 saturated carbocycles.